The normalized spacial score (nSPS) is 12.0. The molecule has 0 radical (unpaired) electrons. The molecule has 0 saturated heterocycles. The van der Waals surface area contributed by atoms with E-state index >= 15 is 0 Å². The van der Waals surface area contributed by atoms with Gasteiger partial charge in [-0.15, -0.1) is 0 Å². The van der Waals surface area contributed by atoms with E-state index in [0.29, 0.717) is 11.4 Å². The fourth-order valence-corrected chi connectivity index (χ4v) is 2.25. The van der Waals surface area contributed by atoms with Crippen molar-refractivity contribution < 1.29 is 9.18 Å². The van der Waals surface area contributed by atoms with E-state index in [9.17, 15) is 9.18 Å². The van der Waals surface area contributed by atoms with Crippen LogP contribution >= 0.6 is 11.6 Å². The number of carbonyl (C=O) groups excluding carboxylic acids is 1. The lowest BCUT2D eigenvalue weighted by molar-refractivity contribution is 0.0935. The molecule has 0 aliphatic rings. The van der Waals surface area contributed by atoms with Gasteiger partial charge < -0.3 is 11.1 Å². The van der Waals surface area contributed by atoms with Gasteiger partial charge in [0.15, 0.2) is 0 Å². The van der Waals surface area contributed by atoms with Crippen LogP contribution in [-0.2, 0) is 0 Å². The number of nitrogen functional groups attached to an aromatic ring is 1. The molecule has 0 bridgehead atoms. The molecule has 0 aromatic heterocycles. The van der Waals surface area contributed by atoms with Gasteiger partial charge in [0.1, 0.15) is 5.82 Å². The van der Waals surface area contributed by atoms with Crippen LogP contribution in [0.5, 0.6) is 0 Å². The summed E-state index contributed by atoms with van der Waals surface area (Å²) >= 11 is 5.96. The molecule has 3 N–H and O–H groups in total. The molecule has 2 aromatic rings. The molecule has 0 spiro atoms. The lowest BCUT2D eigenvalue weighted by atomic mass is 10.0. The van der Waals surface area contributed by atoms with Crippen LogP contribution in [0.2, 0.25) is 5.02 Å². The van der Waals surface area contributed by atoms with Crippen molar-refractivity contribution in [3.8, 4) is 0 Å². The number of halogens is 2. The van der Waals surface area contributed by atoms with E-state index in [1.807, 2.05) is 19.1 Å². The van der Waals surface area contributed by atoms with Crippen molar-refractivity contribution >= 4 is 23.2 Å². The maximum Gasteiger partial charge on any atom is 0.251 e. The molecular formula is C16H16ClFN2O. The molecule has 1 amide bonds. The predicted molar refractivity (Wildman–Crippen MR) is 82.8 cm³/mol. The first-order valence-electron chi connectivity index (χ1n) is 6.62. The topological polar surface area (TPSA) is 55.1 Å². The monoisotopic (exact) mass is 306 g/mol. The Balaban J connectivity index is 2.18. The third kappa shape index (κ3) is 3.73. The Morgan fingerprint density at radius 2 is 2.10 bits per heavy atom. The van der Waals surface area contributed by atoms with E-state index in [2.05, 4.69) is 5.32 Å². The molecule has 0 fully saturated rings. The van der Waals surface area contributed by atoms with Gasteiger partial charge >= 0.3 is 0 Å². The van der Waals surface area contributed by atoms with E-state index in [1.54, 1.807) is 12.1 Å². The van der Waals surface area contributed by atoms with E-state index in [-0.39, 0.29) is 23.2 Å². The van der Waals surface area contributed by atoms with Crippen molar-refractivity contribution in [2.45, 2.75) is 19.4 Å². The zero-order chi connectivity index (χ0) is 15.4. The smallest absolute Gasteiger partial charge is 0.251 e. The first kappa shape index (κ1) is 15.3. The Bertz CT molecular complexity index is 660. The SMILES string of the molecule is CCC(NC(=O)c1ccc(N)c(F)c1)c1cccc(Cl)c1. The highest BCUT2D eigenvalue weighted by Gasteiger charge is 2.15. The summed E-state index contributed by atoms with van der Waals surface area (Å²) in [6.45, 7) is 1.95. The number of carbonyl (C=O) groups is 1. The number of hydrogen-bond acceptors (Lipinski definition) is 2. The van der Waals surface area contributed by atoms with Crippen LogP contribution in [0.25, 0.3) is 0 Å². The molecule has 5 heteroatoms. The predicted octanol–water partition coefficient (Wildman–Crippen LogP) is 3.94. The van der Waals surface area contributed by atoms with E-state index < -0.39 is 5.82 Å². The molecule has 1 unspecified atom stereocenters. The van der Waals surface area contributed by atoms with Crippen molar-refractivity contribution in [2.24, 2.45) is 0 Å². The summed E-state index contributed by atoms with van der Waals surface area (Å²) in [6.07, 6.45) is 0.698. The molecule has 1 atom stereocenters. The second-order valence-corrected chi connectivity index (χ2v) is 5.16. The zero-order valence-corrected chi connectivity index (χ0v) is 12.3. The van der Waals surface area contributed by atoms with Gasteiger partial charge in [-0.05, 0) is 42.3 Å². The maximum atomic E-state index is 13.4. The van der Waals surface area contributed by atoms with Crippen LogP contribution in [0, 0.1) is 5.82 Å². The molecule has 3 nitrogen and oxygen atoms in total. The Morgan fingerprint density at radius 1 is 1.33 bits per heavy atom. The lowest BCUT2D eigenvalue weighted by Gasteiger charge is -2.18. The second kappa shape index (κ2) is 6.59. The van der Waals surface area contributed by atoms with Crippen molar-refractivity contribution in [1.82, 2.24) is 5.32 Å². The molecule has 2 rings (SSSR count). The van der Waals surface area contributed by atoms with Gasteiger partial charge in [-0.25, -0.2) is 4.39 Å². The third-order valence-corrected chi connectivity index (χ3v) is 3.46. The van der Waals surface area contributed by atoms with Crippen LogP contribution in [0.15, 0.2) is 42.5 Å². The molecule has 21 heavy (non-hydrogen) atoms. The first-order chi connectivity index (χ1) is 10.0. The minimum atomic E-state index is -0.599. The van der Waals surface area contributed by atoms with Crippen LogP contribution in [0.1, 0.15) is 35.3 Å². The van der Waals surface area contributed by atoms with Gasteiger partial charge in [0.25, 0.3) is 5.91 Å². The first-order valence-corrected chi connectivity index (χ1v) is 7.00. The number of nitrogens with one attached hydrogen (secondary N) is 1. The second-order valence-electron chi connectivity index (χ2n) is 4.73. The van der Waals surface area contributed by atoms with Crippen LogP contribution < -0.4 is 11.1 Å². The Labute approximate surface area is 127 Å². The summed E-state index contributed by atoms with van der Waals surface area (Å²) < 4.78 is 13.4. The summed E-state index contributed by atoms with van der Waals surface area (Å²) in [6, 6.07) is 11.1. The molecule has 0 heterocycles. The number of hydrogen-bond donors (Lipinski definition) is 2. The molecular weight excluding hydrogens is 291 g/mol. The minimum Gasteiger partial charge on any atom is -0.396 e. The summed E-state index contributed by atoms with van der Waals surface area (Å²) in [5.74, 6) is -0.945. The highest BCUT2D eigenvalue weighted by Crippen LogP contribution is 2.21. The summed E-state index contributed by atoms with van der Waals surface area (Å²) in [5.41, 5.74) is 6.57. The van der Waals surface area contributed by atoms with E-state index in [4.69, 9.17) is 17.3 Å². The molecule has 0 aliphatic heterocycles. The van der Waals surface area contributed by atoms with Gasteiger partial charge in [-0.2, -0.15) is 0 Å². The van der Waals surface area contributed by atoms with Gasteiger partial charge in [-0.1, -0.05) is 30.7 Å². The third-order valence-electron chi connectivity index (χ3n) is 3.23. The average molecular weight is 307 g/mol. The highest BCUT2D eigenvalue weighted by molar-refractivity contribution is 6.30. The van der Waals surface area contributed by atoms with E-state index in [0.717, 1.165) is 11.6 Å². The number of amides is 1. The highest BCUT2D eigenvalue weighted by atomic mass is 35.5. The Morgan fingerprint density at radius 3 is 2.71 bits per heavy atom. The Kier molecular flexibility index (Phi) is 4.81. The van der Waals surface area contributed by atoms with Gasteiger partial charge in [-0.3, -0.25) is 4.79 Å². The lowest BCUT2D eigenvalue weighted by Crippen LogP contribution is -2.28. The van der Waals surface area contributed by atoms with Gasteiger partial charge in [0, 0.05) is 10.6 Å². The molecule has 110 valence electrons. The largest absolute Gasteiger partial charge is 0.396 e. The molecule has 2 aromatic carbocycles. The number of rotatable bonds is 4. The summed E-state index contributed by atoms with van der Waals surface area (Å²) in [5, 5.41) is 3.48. The standard InChI is InChI=1S/C16H16ClFN2O/c1-2-15(10-4-3-5-12(17)8-10)20-16(21)11-6-7-14(19)13(18)9-11/h3-9,15H,2,19H2,1H3,(H,20,21). The fraction of sp³-hybridized carbons (Fsp3) is 0.188. The van der Waals surface area contributed by atoms with Crippen molar-refractivity contribution in [3.63, 3.8) is 0 Å². The summed E-state index contributed by atoms with van der Waals surface area (Å²) in [7, 11) is 0. The van der Waals surface area contributed by atoms with Crippen molar-refractivity contribution in [2.75, 3.05) is 5.73 Å². The van der Waals surface area contributed by atoms with Crippen LogP contribution in [0.3, 0.4) is 0 Å². The molecule has 0 aliphatic carbocycles. The fourth-order valence-electron chi connectivity index (χ4n) is 2.05. The maximum absolute atomic E-state index is 13.4. The average Bonchev–Trinajstić information content (AvgIpc) is 2.47. The van der Waals surface area contributed by atoms with E-state index in [1.165, 1.54) is 12.1 Å². The Hall–Kier alpha value is -2.07. The van der Waals surface area contributed by atoms with Gasteiger partial charge in [0.05, 0.1) is 11.7 Å². The van der Waals surface area contributed by atoms with Crippen molar-refractivity contribution in [1.29, 1.82) is 0 Å². The quantitative estimate of drug-likeness (QED) is 0.841. The number of nitrogens with two attached hydrogens (primary N) is 1. The number of benzene rings is 2. The van der Waals surface area contributed by atoms with Crippen LogP contribution in [0.4, 0.5) is 10.1 Å². The zero-order valence-electron chi connectivity index (χ0n) is 11.6. The number of anilines is 1. The minimum absolute atomic E-state index is 0.0217. The van der Waals surface area contributed by atoms with Gasteiger partial charge in [0.2, 0.25) is 0 Å². The van der Waals surface area contributed by atoms with Crippen molar-refractivity contribution in [3.05, 3.63) is 64.4 Å². The van der Waals surface area contributed by atoms with Crippen LogP contribution in [-0.4, -0.2) is 5.91 Å². The molecule has 0 saturated carbocycles. The summed E-state index contributed by atoms with van der Waals surface area (Å²) in [4.78, 5) is 12.2.